The zero-order chi connectivity index (χ0) is 16.0. The van der Waals surface area contributed by atoms with Gasteiger partial charge in [-0.3, -0.25) is 4.79 Å². The predicted octanol–water partition coefficient (Wildman–Crippen LogP) is -0.230. The number of aromatic carboxylic acids is 1. The molecule has 21 heavy (non-hydrogen) atoms. The van der Waals surface area contributed by atoms with Crippen molar-refractivity contribution < 1.29 is 27.9 Å². The molecule has 8 nitrogen and oxygen atoms in total. The quantitative estimate of drug-likeness (QED) is 0.387. The van der Waals surface area contributed by atoms with Crippen LogP contribution in [0.1, 0.15) is 10.4 Å². The van der Waals surface area contributed by atoms with Gasteiger partial charge >= 0.3 is 5.97 Å². The highest BCUT2D eigenvalue weighted by Gasteiger charge is 2.17. The van der Waals surface area contributed by atoms with E-state index in [2.05, 4.69) is 4.72 Å². The molecular weight excluding hydrogens is 415 g/mol. The maximum Gasteiger partial charge on any atom is 0.336 e. The summed E-state index contributed by atoms with van der Waals surface area (Å²) in [6.07, 6.45) is 0. The van der Waals surface area contributed by atoms with Gasteiger partial charge in [-0.2, -0.15) is 0 Å². The second-order valence-electron chi connectivity index (χ2n) is 3.86. The lowest BCUT2D eigenvalue weighted by Crippen LogP contribution is -2.29. The molecule has 1 aromatic carbocycles. The van der Waals surface area contributed by atoms with E-state index in [4.69, 9.17) is 15.6 Å². The molecule has 0 radical (unpaired) electrons. The predicted molar refractivity (Wildman–Crippen MR) is 81.3 cm³/mol. The Hall–Kier alpha value is -1.24. The monoisotopic (exact) mass is 428 g/mol. The zero-order valence-corrected chi connectivity index (χ0v) is 13.7. The second kappa shape index (κ2) is 7.68. The molecule has 0 unspecified atom stereocenters. The number of halogens is 1. The molecule has 1 rings (SSSR count). The summed E-state index contributed by atoms with van der Waals surface area (Å²) >= 11 is 1.81. The maximum absolute atomic E-state index is 12.0. The molecule has 0 bridgehead atoms. The number of primary amides is 1. The number of carboxylic acid groups (broad SMARTS) is 1. The first-order chi connectivity index (χ1) is 9.74. The molecule has 0 aliphatic rings. The number of sulfonamides is 1. The lowest BCUT2D eigenvalue weighted by Gasteiger charge is -2.08. The highest BCUT2D eigenvalue weighted by Crippen LogP contribution is 2.17. The first-order valence-corrected chi connectivity index (χ1v) is 8.19. The molecule has 0 aliphatic carbocycles. The number of ether oxygens (including phenoxy) is 1. The summed E-state index contributed by atoms with van der Waals surface area (Å²) in [4.78, 5) is 21.2. The fourth-order valence-electron chi connectivity index (χ4n) is 1.34. The summed E-state index contributed by atoms with van der Waals surface area (Å²) in [6, 6.07) is 3.79. The first kappa shape index (κ1) is 17.8. The number of hydrogen-bond donors (Lipinski definition) is 3. The van der Waals surface area contributed by atoms with Gasteiger partial charge in [0.25, 0.3) is 0 Å². The Labute approximate surface area is 134 Å². The number of carboxylic acids is 1. The van der Waals surface area contributed by atoms with Crippen molar-refractivity contribution >= 4 is 44.5 Å². The number of nitrogens with one attached hydrogen (secondary N) is 1. The second-order valence-corrected chi connectivity index (χ2v) is 6.79. The summed E-state index contributed by atoms with van der Waals surface area (Å²) in [5.74, 6) is -1.86. The molecule has 0 saturated heterocycles. The molecule has 0 atom stereocenters. The molecule has 0 aliphatic heterocycles. The van der Waals surface area contributed by atoms with Crippen molar-refractivity contribution in [2.24, 2.45) is 5.73 Å². The highest BCUT2D eigenvalue weighted by molar-refractivity contribution is 14.1. The van der Waals surface area contributed by atoms with E-state index in [1.165, 1.54) is 12.1 Å². The Balaban J connectivity index is 2.72. The van der Waals surface area contributed by atoms with Gasteiger partial charge in [-0.25, -0.2) is 17.9 Å². The summed E-state index contributed by atoms with van der Waals surface area (Å²) < 4.78 is 31.4. The minimum absolute atomic E-state index is 0.0294. The van der Waals surface area contributed by atoms with Crippen molar-refractivity contribution in [2.75, 3.05) is 19.8 Å². The van der Waals surface area contributed by atoms with Crippen LogP contribution in [0.5, 0.6) is 0 Å². The van der Waals surface area contributed by atoms with Crippen LogP contribution >= 0.6 is 22.6 Å². The number of amides is 1. The highest BCUT2D eigenvalue weighted by atomic mass is 127. The van der Waals surface area contributed by atoms with Gasteiger partial charge in [0.2, 0.25) is 15.9 Å². The number of carbonyl (C=O) groups excluding carboxylic acids is 1. The van der Waals surface area contributed by atoms with Crippen LogP contribution in [0.25, 0.3) is 0 Å². The zero-order valence-electron chi connectivity index (χ0n) is 10.7. The number of rotatable bonds is 8. The van der Waals surface area contributed by atoms with Gasteiger partial charge in [-0.15, -0.1) is 0 Å². The molecule has 4 N–H and O–H groups in total. The lowest BCUT2D eigenvalue weighted by molar-refractivity contribution is -0.122. The lowest BCUT2D eigenvalue weighted by atomic mass is 10.2. The molecule has 0 heterocycles. The minimum atomic E-state index is -3.85. The topological polar surface area (TPSA) is 136 Å². The Morgan fingerprint density at radius 2 is 2.05 bits per heavy atom. The number of benzene rings is 1. The molecule has 0 aromatic heterocycles. The van der Waals surface area contributed by atoms with Crippen molar-refractivity contribution in [3.05, 3.63) is 27.3 Å². The summed E-state index contributed by atoms with van der Waals surface area (Å²) in [6.45, 7) is -0.392. The van der Waals surface area contributed by atoms with Gasteiger partial charge < -0.3 is 15.6 Å². The van der Waals surface area contributed by atoms with E-state index in [-0.39, 0.29) is 30.2 Å². The number of carbonyl (C=O) groups is 2. The molecule has 116 valence electrons. The van der Waals surface area contributed by atoms with Gasteiger partial charge in [-0.1, -0.05) is 0 Å². The van der Waals surface area contributed by atoms with Gasteiger partial charge in [0.1, 0.15) is 6.61 Å². The van der Waals surface area contributed by atoms with Gasteiger partial charge in [-0.05, 0) is 40.8 Å². The van der Waals surface area contributed by atoms with Crippen LogP contribution in [-0.2, 0) is 19.6 Å². The SMILES string of the molecule is NC(=O)COCCNS(=O)(=O)c1ccc(I)c(C(=O)O)c1. The third-order valence-electron chi connectivity index (χ3n) is 2.26. The number of hydrogen-bond acceptors (Lipinski definition) is 5. The Bertz CT molecular complexity index is 646. The van der Waals surface area contributed by atoms with Crippen molar-refractivity contribution in [1.82, 2.24) is 4.72 Å². The van der Waals surface area contributed by atoms with Crippen molar-refractivity contribution in [1.29, 1.82) is 0 Å². The van der Waals surface area contributed by atoms with E-state index >= 15 is 0 Å². The van der Waals surface area contributed by atoms with Crippen LogP contribution in [0.3, 0.4) is 0 Å². The summed E-state index contributed by atoms with van der Waals surface area (Å²) in [7, 11) is -3.85. The number of nitrogens with two attached hydrogens (primary N) is 1. The first-order valence-electron chi connectivity index (χ1n) is 5.62. The van der Waals surface area contributed by atoms with E-state index in [9.17, 15) is 18.0 Å². The van der Waals surface area contributed by atoms with Gasteiger partial charge in [0, 0.05) is 10.1 Å². The van der Waals surface area contributed by atoms with Crippen molar-refractivity contribution in [3.63, 3.8) is 0 Å². The van der Waals surface area contributed by atoms with Crippen LogP contribution in [0, 0.1) is 3.57 Å². The fourth-order valence-corrected chi connectivity index (χ4v) is 2.94. The summed E-state index contributed by atoms with van der Waals surface area (Å²) in [5, 5.41) is 8.97. The summed E-state index contributed by atoms with van der Waals surface area (Å²) in [5.41, 5.74) is 4.76. The molecule has 1 aromatic rings. The Morgan fingerprint density at radius 1 is 1.38 bits per heavy atom. The van der Waals surface area contributed by atoms with Crippen LogP contribution in [0.4, 0.5) is 0 Å². The van der Waals surface area contributed by atoms with E-state index in [1.807, 2.05) is 0 Å². The van der Waals surface area contributed by atoms with Crippen LogP contribution in [0.15, 0.2) is 23.1 Å². The molecule has 10 heteroatoms. The third kappa shape index (κ3) is 5.57. The Kier molecular flexibility index (Phi) is 6.51. The average molecular weight is 428 g/mol. The maximum atomic E-state index is 12.0. The van der Waals surface area contributed by atoms with E-state index < -0.39 is 21.9 Å². The largest absolute Gasteiger partial charge is 0.478 e. The van der Waals surface area contributed by atoms with Crippen molar-refractivity contribution in [3.8, 4) is 0 Å². The average Bonchev–Trinajstić information content (AvgIpc) is 2.37. The third-order valence-corrected chi connectivity index (χ3v) is 4.66. The van der Waals surface area contributed by atoms with Crippen molar-refractivity contribution in [2.45, 2.75) is 4.90 Å². The molecule has 0 saturated carbocycles. The Morgan fingerprint density at radius 3 is 2.62 bits per heavy atom. The normalized spacial score (nSPS) is 11.3. The van der Waals surface area contributed by atoms with E-state index in [1.54, 1.807) is 22.6 Å². The molecule has 0 fully saturated rings. The van der Waals surface area contributed by atoms with E-state index in [0.717, 1.165) is 6.07 Å². The van der Waals surface area contributed by atoms with Gasteiger partial charge in [0.15, 0.2) is 0 Å². The molecule has 1 amide bonds. The van der Waals surface area contributed by atoms with Crippen LogP contribution in [-0.4, -0.2) is 45.2 Å². The minimum Gasteiger partial charge on any atom is -0.478 e. The smallest absolute Gasteiger partial charge is 0.336 e. The molecule has 0 spiro atoms. The molecular formula is C11H13IN2O6S. The standard InChI is InChI=1S/C11H13IN2O6S/c12-9-2-1-7(5-8(9)11(16)17)21(18,19)14-3-4-20-6-10(13)15/h1-2,5,14H,3-4,6H2,(H2,13,15)(H,16,17). The van der Waals surface area contributed by atoms with Gasteiger partial charge in [0.05, 0.1) is 17.1 Å². The van der Waals surface area contributed by atoms with E-state index in [0.29, 0.717) is 3.57 Å². The fraction of sp³-hybridized carbons (Fsp3) is 0.273. The van der Waals surface area contributed by atoms with Crippen LogP contribution < -0.4 is 10.5 Å². The van der Waals surface area contributed by atoms with Crippen LogP contribution in [0.2, 0.25) is 0 Å².